The molecule has 338 valence electrons. The number of hydrogen-bond donors (Lipinski definition) is 5. The Kier molecular flexibility index (Phi) is 35.6. The van der Waals surface area contributed by atoms with Gasteiger partial charge in [-0.15, -0.1) is 0 Å². The zero-order valence-electron chi connectivity index (χ0n) is 35.4. The molecule has 16 heteroatoms. The van der Waals surface area contributed by atoms with E-state index in [4.69, 9.17) is 23.8 Å². The van der Waals surface area contributed by atoms with Crippen molar-refractivity contribution in [3.63, 3.8) is 0 Å². The zero-order chi connectivity index (χ0) is 43.3. The molecule has 0 aliphatic heterocycles. The Morgan fingerprint density at radius 3 is 1.81 bits per heavy atom. The number of allylic oxidation sites excluding steroid dienone is 7. The van der Waals surface area contributed by atoms with Gasteiger partial charge in [-0.2, -0.15) is 0 Å². The smallest absolute Gasteiger partial charge is 0.462 e. The van der Waals surface area contributed by atoms with Gasteiger partial charge in [0, 0.05) is 12.8 Å². The second kappa shape index (κ2) is 36.9. The molecule has 0 fully saturated rings. The maximum Gasteiger partial charge on any atom is 0.472 e. The number of rotatable bonds is 39. The van der Waals surface area contributed by atoms with Gasteiger partial charge in [-0.05, 0) is 50.9 Å². The lowest BCUT2D eigenvalue weighted by molar-refractivity contribution is -0.161. The predicted molar refractivity (Wildman–Crippen MR) is 227 cm³/mol. The molecular formula is C42H76O14P2. The Hall–Kier alpha value is -1.96. The molecule has 0 amide bonds. The van der Waals surface area contributed by atoms with Gasteiger partial charge in [0.15, 0.2) is 6.10 Å². The summed E-state index contributed by atoms with van der Waals surface area (Å²) < 4.78 is 47.6. The van der Waals surface area contributed by atoms with Crippen molar-refractivity contribution in [2.75, 3.05) is 26.4 Å². The maximum atomic E-state index is 12.7. The summed E-state index contributed by atoms with van der Waals surface area (Å²) in [7, 11) is -9.74. The second-order valence-electron chi connectivity index (χ2n) is 14.9. The van der Waals surface area contributed by atoms with Crippen molar-refractivity contribution in [1.82, 2.24) is 0 Å². The minimum atomic E-state index is -4.88. The number of carbonyl (C=O) groups excluding carboxylic acids is 2. The summed E-state index contributed by atoms with van der Waals surface area (Å²) in [6, 6.07) is 0. The van der Waals surface area contributed by atoms with Crippen LogP contribution in [0.3, 0.4) is 0 Å². The predicted octanol–water partition coefficient (Wildman–Crippen LogP) is 9.50. The van der Waals surface area contributed by atoms with Gasteiger partial charge in [0.25, 0.3) is 0 Å². The molecule has 0 saturated heterocycles. The summed E-state index contributed by atoms with van der Waals surface area (Å²) in [5.74, 6) is -0.471. The van der Waals surface area contributed by atoms with Gasteiger partial charge in [0.2, 0.25) is 0 Å². The largest absolute Gasteiger partial charge is 0.472 e. The van der Waals surface area contributed by atoms with Crippen molar-refractivity contribution < 1.29 is 66.7 Å². The Labute approximate surface area is 348 Å². The number of aliphatic hydroxyl groups excluding tert-OH is 2. The van der Waals surface area contributed by atoms with Crippen LogP contribution in [0.5, 0.6) is 0 Å². The zero-order valence-corrected chi connectivity index (χ0v) is 37.2. The third-order valence-corrected chi connectivity index (χ3v) is 10.2. The van der Waals surface area contributed by atoms with Gasteiger partial charge < -0.3 is 34.4 Å². The lowest BCUT2D eigenvalue weighted by Crippen LogP contribution is -2.30. The number of esters is 2. The maximum absolute atomic E-state index is 12.7. The van der Waals surface area contributed by atoms with E-state index < -0.39 is 72.3 Å². The summed E-state index contributed by atoms with van der Waals surface area (Å²) in [5, 5.41) is 20.0. The highest BCUT2D eigenvalue weighted by molar-refractivity contribution is 7.47. The van der Waals surface area contributed by atoms with Crippen LogP contribution in [0.2, 0.25) is 0 Å². The Bertz CT molecular complexity index is 1250. The molecular weight excluding hydrogens is 790 g/mol. The van der Waals surface area contributed by atoms with Gasteiger partial charge in [0.1, 0.15) is 12.7 Å². The highest BCUT2D eigenvalue weighted by atomic mass is 31.2. The van der Waals surface area contributed by atoms with E-state index in [1.165, 1.54) is 64.2 Å². The van der Waals surface area contributed by atoms with Crippen molar-refractivity contribution in [3.05, 3.63) is 48.6 Å². The quantitative estimate of drug-likeness (QED) is 0.0128. The lowest BCUT2D eigenvalue weighted by Gasteiger charge is -2.20. The van der Waals surface area contributed by atoms with Gasteiger partial charge in [-0.3, -0.25) is 23.2 Å². The summed E-state index contributed by atoms with van der Waals surface area (Å²) >= 11 is 0. The van der Waals surface area contributed by atoms with Crippen LogP contribution in [0.4, 0.5) is 0 Å². The number of phosphoric ester groups is 2. The van der Waals surface area contributed by atoms with E-state index in [1.807, 2.05) is 12.2 Å². The first-order valence-corrected chi connectivity index (χ1v) is 24.3. The number of unbranched alkanes of at least 4 members (excludes halogenated alkanes) is 12. The van der Waals surface area contributed by atoms with E-state index in [0.717, 1.165) is 44.4 Å². The second-order valence-corrected chi connectivity index (χ2v) is 17.6. The van der Waals surface area contributed by atoms with Crippen LogP contribution < -0.4 is 0 Å². The molecule has 0 aliphatic rings. The molecule has 0 heterocycles. The average Bonchev–Trinajstić information content (AvgIpc) is 3.16. The van der Waals surface area contributed by atoms with E-state index >= 15 is 0 Å². The molecule has 0 rings (SSSR count). The summed E-state index contributed by atoms with van der Waals surface area (Å²) in [4.78, 5) is 52.6. The van der Waals surface area contributed by atoms with Gasteiger partial charge in [-0.1, -0.05) is 146 Å². The fourth-order valence-corrected chi connectivity index (χ4v) is 6.61. The van der Waals surface area contributed by atoms with Gasteiger partial charge in [0.05, 0.1) is 25.9 Å². The van der Waals surface area contributed by atoms with Crippen LogP contribution in [-0.2, 0) is 41.8 Å². The van der Waals surface area contributed by atoms with Crippen molar-refractivity contribution >= 4 is 27.6 Å². The van der Waals surface area contributed by atoms with Crippen LogP contribution in [0.25, 0.3) is 0 Å². The highest BCUT2D eigenvalue weighted by Crippen LogP contribution is 2.43. The fourth-order valence-electron chi connectivity index (χ4n) is 5.46. The van der Waals surface area contributed by atoms with E-state index in [-0.39, 0.29) is 25.7 Å². The van der Waals surface area contributed by atoms with Crippen molar-refractivity contribution in [2.45, 2.75) is 174 Å². The number of ether oxygens (including phenoxy) is 2. The fraction of sp³-hybridized carbons (Fsp3) is 0.762. The molecule has 0 spiro atoms. The van der Waals surface area contributed by atoms with Gasteiger partial charge >= 0.3 is 27.6 Å². The normalized spacial score (nSPS) is 15.2. The SMILES string of the molecule is CCCCC/C=C\C/C=C\C/C=C\C=C\[C@H](O)CCCC(=O)O[C@H](COC(=O)CCCCCCCCCCCCC(C)C)COP(=O)(O)OC[C@@H](O)COP(=O)(O)O. The molecule has 0 radical (unpaired) electrons. The van der Waals surface area contributed by atoms with E-state index in [0.29, 0.717) is 6.42 Å². The molecule has 0 aromatic heterocycles. The first-order valence-electron chi connectivity index (χ1n) is 21.3. The molecule has 5 N–H and O–H groups in total. The molecule has 1 unspecified atom stereocenters. The minimum absolute atomic E-state index is 0.0970. The molecule has 0 bridgehead atoms. The standard InChI is InChI=1S/C42H76O14P2/c1-4-5-6-7-8-9-10-11-12-16-19-22-25-29-38(43)30-27-32-42(46)56-40(36-55-58(50,51)54-34-39(44)33-53-57(47,48)49)35-52-41(45)31-26-23-20-17-14-13-15-18-21-24-28-37(2)3/h8-9,11-12,19,22,25,29,37-40,43-44H,4-7,10,13-18,20-21,23-24,26-28,30-36H2,1-3H3,(H,50,51)(H2,47,48,49)/b9-8-,12-11-,22-19-,29-25+/t38-,39-,40+/m0/s1. The van der Waals surface area contributed by atoms with Crippen LogP contribution in [0, 0.1) is 5.92 Å². The first-order chi connectivity index (χ1) is 27.6. The molecule has 58 heavy (non-hydrogen) atoms. The number of hydrogen-bond acceptors (Lipinski definition) is 11. The topological polar surface area (TPSA) is 216 Å². The van der Waals surface area contributed by atoms with Crippen LogP contribution >= 0.6 is 15.6 Å². The number of carbonyl (C=O) groups is 2. The van der Waals surface area contributed by atoms with E-state index in [1.54, 1.807) is 12.2 Å². The number of aliphatic hydroxyl groups is 2. The summed E-state index contributed by atoms with van der Waals surface area (Å²) in [5.41, 5.74) is 0. The first kappa shape index (κ1) is 56.0. The third kappa shape index (κ3) is 40.8. The number of phosphoric acid groups is 2. The Morgan fingerprint density at radius 1 is 0.603 bits per heavy atom. The molecule has 0 aliphatic carbocycles. The van der Waals surface area contributed by atoms with Crippen molar-refractivity contribution in [3.8, 4) is 0 Å². The molecule has 4 atom stereocenters. The monoisotopic (exact) mass is 866 g/mol. The summed E-state index contributed by atoms with van der Waals surface area (Å²) in [6.45, 7) is 3.79. The van der Waals surface area contributed by atoms with Crippen molar-refractivity contribution in [2.24, 2.45) is 5.92 Å². The van der Waals surface area contributed by atoms with Crippen LogP contribution in [0.1, 0.15) is 156 Å². The minimum Gasteiger partial charge on any atom is -0.462 e. The highest BCUT2D eigenvalue weighted by Gasteiger charge is 2.28. The van der Waals surface area contributed by atoms with Crippen molar-refractivity contribution in [1.29, 1.82) is 0 Å². The van der Waals surface area contributed by atoms with E-state index in [2.05, 4.69) is 54.1 Å². The molecule has 0 aromatic rings. The summed E-state index contributed by atoms with van der Waals surface area (Å²) in [6.07, 6.45) is 31.5. The molecule has 0 aromatic carbocycles. The Balaban J connectivity index is 4.74. The van der Waals surface area contributed by atoms with Gasteiger partial charge in [-0.25, -0.2) is 9.13 Å². The average molecular weight is 867 g/mol. The van der Waals surface area contributed by atoms with Crippen LogP contribution in [-0.4, -0.2) is 81.6 Å². The lowest BCUT2D eigenvalue weighted by atomic mass is 10.0. The Morgan fingerprint density at radius 2 is 1.17 bits per heavy atom. The van der Waals surface area contributed by atoms with Crippen LogP contribution in [0.15, 0.2) is 48.6 Å². The molecule has 0 saturated carbocycles. The van der Waals surface area contributed by atoms with E-state index in [9.17, 15) is 33.8 Å². The third-order valence-electron chi connectivity index (χ3n) is 8.74. The molecule has 14 nitrogen and oxygen atoms in total.